The van der Waals surface area contributed by atoms with Crippen molar-refractivity contribution in [2.75, 3.05) is 0 Å². The average Bonchev–Trinajstić information content (AvgIpc) is 2.14. The van der Waals surface area contributed by atoms with Crippen LogP contribution in [-0.4, -0.2) is 39.9 Å². The van der Waals surface area contributed by atoms with Gasteiger partial charge in [-0.15, -0.1) is 0 Å². The Hall–Kier alpha value is -1.69. The van der Waals surface area contributed by atoms with Gasteiger partial charge in [0.2, 0.25) is 5.91 Å². The topological polar surface area (TPSA) is 101 Å². The molecule has 0 aromatic carbocycles. The number of carboxylic acid groups (broad SMARTS) is 1. The molecule has 2 atom stereocenters. The van der Waals surface area contributed by atoms with E-state index in [0.717, 1.165) is 11.0 Å². The van der Waals surface area contributed by atoms with Crippen LogP contribution in [0.15, 0.2) is 12.2 Å². The zero-order valence-electron chi connectivity index (χ0n) is 7.51. The van der Waals surface area contributed by atoms with Crippen LogP contribution in [0.5, 0.6) is 0 Å². The lowest BCUT2D eigenvalue weighted by Gasteiger charge is -2.40. The number of carboxylic acids is 1. The lowest BCUT2D eigenvalue weighted by molar-refractivity contribution is -0.157. The molecule has 0 spiro atoms. The summed E-state index contributed by atoms with van der Waals surface area (Å²) in [7, 11) is 0. The van der Waals surface area contributed by atoms with Crippen LogP contribution in [0.1, 0.15) is 6.92 Å². The molecule has 0 radical (unpaired) electrons. The molecule has 0 aromatic heterocycles. The zero-order chi connectivity index (χ0) is 10.9. The number of likely N-dealkylation sites (tertiary alicyclic amines) is 1. The summed E-state index contributed by atoms with van der Waals surface area (Å²) in [5, 5.41) is 8.25. The number of β-lactam (4-membered cyclic amide) rings is 1. The van der Waals surface area contributed by atoms with Gasteiger partial charge in [0, 0.05) is 12.2 Å². The summed E-state index contributed by atoms with van der Waals surface area (Å²) in [6, 6.07) is -1.02. The normalized spacial score (nSPS) is 26.4. The smallest absolute Gasteiger partial charge is 0.328 e. The Morgan fingerprint density at radius 2 is 2.07 bits per heavy atom. The van der Waals surface area contributed by atoms with Crippen LogP contribution in [0.3, 0.4) is 0 Å². The number of nitrogens with zero attached hydrogens (tertiary/aromatic N) is 1. The Bertz CT molecular complexity index is 323. The Kier molecular flexibility index (Phi) is 2.66. The van der Waals surface area contributed by atoms with Crippen LogP contribution < -0.4 is 5.73 Å². The van der Waals surface area contributed by atoms with Gasteiger partial charge in [0.15, 0.2) is 0 Å². The summed E-state index contributed by atoms with van der Waals surface area (Å²) < 4.78 is 0. The zero-order valence-corrected chi connectivity index (χ0v) is 7.51. The molecule has 6 nitrogen and oxygen atoms in total. The Balaban J connectivity index is 2.64. The van der Waals surface area contributed by atoms with Crippen molar-refractivity contribution in [3.05, 3.63) is 12.2 Å². The van der Waals surface area contributed by atoms with Crippen molar-refractivity contribution in [2.24, 2.45) is 5.73 Å². The minimum absolute atomic E-state index is 0.367. The van der Waals surface area contributed by atoms with E-state index in [1.54, 1.807) is 6.92 Å². The van der Waals surface area contributed by atoms with E-state index < -0.39 is 23.8 Å². The Labute approximate surface area is 80.0 Å². The molecule has 76 valence electrons. The molecule has 1 heterocycles. The number of nitrogens with two attached hydrogens (primary N) is 1. The molecule has 2 amide bonds. The molecule has 0 saturated carbocycles. The second-order valence-electron chi connectivity index (χ2n) is 2.98. The lowest BCUT2D eigenvalue weighted by atomic mass is 9.98. The Morgan fingerprint density at radius 1 is 1.50 bits per heavy atom. The first-order valence-electron chi connectivity index (χ1n) is 3.98. The number of aliphatic carboxylic acids is 1. The van der Waals surface area contributed by atoms with Crippen LogP contribution in [0.25, 0.3) is 0 Å². The van der Waals surface area contributed by atoms with E-state index >= 15 is 0 Å². The molecule has 1 saturated heterocycles. The van der Waals surface area contributed by atoms with E-state index in [1.807, 2.05) is 0 Å². The second-order valence-corrected chi connectivity index (χ2v) is 2.98. The van der Waals surface area contributed by atoms with E-state index in [9.17, 15) is 14.4 Å². The minimum atomic E-state index is -1.23. The van der Waals surface area contributed by atoms with Gasteiger partial charge in [-0.05, 0) is 6.92 Å². The number of carbonyl (C=O) groups is 3. The minimum Gasteiger partial charge on any atom is -0.478 e. The number of carbonyl (C=O) groups excluding carboxylic acids is 2. The van der Waals surface area contributed by atoms with Crippen LogP contribution in [0.4, 0.5) is 0 Å². The van der Waals surface area contributed by atoms with Gasteiger partial charge in [-0.1, -0.05) is 0 Å². The van der Waals surface area contributed by atoms with Crippen LogP contribution >= 0.6 is 0 Å². The summed E-state index contributed by atoms with van der Waals surface area (Å²) in [5.74, 6) is -2.35. The van der Waals surface area contributed by atoms with E-state index in [4.69, 9.17) is 10.8 Å². The van der Waals surface area contributed by atoms with Gasteiger partial charge in [0.05, 0.1) is 6.04 Å². The number of imide groups is 1. The quantitative estimate of drug-likeness (QED) is 0.424. The van der Waals surface area contributed by atoms with Gasteiger partial charge < -0.3 is 10.8 Å². The van der Waals surface area contributed by atoms with Crippen molar-refractivity contribution in [1.82, 2.24) is 4.90 Å². The summed E-state index contributed by atoms with van der Waals surface area (Å²) in [4.78, 5) is 33.3. The molecule has 0 bridgehead atoms. The highest BCUT2D eigenvalue weighted by atomic mass is 16.4. The largest absolute Gasteiger partial charge is 0.478 e. The van der Waals surface area contributed by atoms with Crippen molar-refractivity contribution in [2.45, 2.75) is 19.0 Å². The summed E-state index contributed by atoms with van der Waals surface area (Å²) in [6.07, 6.45) is 1.52. The fourth-order valence-electron chi connectivity index (χ4n) is 1.18. The Morgan fingerprint density at radius 3 is 2.50 bits per heavy atom. The summed E-state index contributed by atoms with van der Waals surface area (Å²) in [5.41, 5.74) is 5.37. The van der Waals surface area contributed by atoms with E-state index in [2.05, 4.69) is 0 Å². The first-order chi connectivity index (χ1) is 6.45. The monoisotopic (exact) mass is 198 g/mol. The van der Waals surface area contributed by atoms with Crippen molar-refractivity contribution < 1.29 is 19.5 Å². The molecule has 14 heavy (non-hydrogen) atoms. The molecule has 1 fully saturated rings. The number of rotatable bonds is 2. The maximum absolute atomic E-state index is 11.2. The molecule has 0 aromatic rings. The first kappa shape index (κ1) is 10.4. The molecule has 0 unspecified atom stereocenters. The summed E-state index contributed by atoms with van der Waals surface area (Å²) in [6.45, 7) is 1.62. The molecule has 1 aliphatic heterocycles. The standard InChI is InChI=1S/C8H10N2O4/c1-4-7(9)8(14)10(4)5(11)2-3-6(12)13/h2-4,7H,9H2,1H3,(H,12,13)/b3-2+/t4-,7-/m0/s1. The first-order valence-corrected chi connectivity index (χ1v) is 3.98. The van der Waals surface area contributed by atoms with Crippen LogP contribution in [0, 0.1) is 0 Å². The average molecular weight is 198 g/mol. The molecule has 1 rings (SSSR count). The highest BCUT2D eigenvalue weighted by Gasteiger charge is 2.44. The highest BCUT2D eigenvalue weighted by molar-refractivity contribution is 6.08. The van der Waals surface area contributed by atoms with Gasteiger partial charge >= 0.3 is 5.97 Å². The second kappa shape index (κ2) is 3.59. The number of hydrogen-bond donors (Lipinski definition) is 2. The fraction of sp³-hybridized carbons (Fsp3) is 0.375. The van der Waals surface area contributed by atoms with Crippen LogP contribution in [-0.2, 0) is 14.4 Å². The maximum Gasteiger partial charge on any atom is 0.328 e. The van der Waals surface area contributed by atoms with Gasteiger partial charge in [-0.3, -0.25) is 14.5 Å². The molecular formula is C8H10N2O4. The van der Waals surface area contributed by atoms with Crippen molar-refractivity contribution in [3.63, 3.8) is 0 Å². The number of hydrogen-bond acceptors (Lipinski definition) is 4. The van der Waals surface area contributed by atoms with Gasteiger partial charge in [-0.25, -0.2) is 4.79 Å². The molecule has 3 N–H and O–H groups in total. The van der Waals surface area contributed by atoms with Gasteiger partial charge in [0.25, 0.3) is 5.91 Å². The number of amides is 2. The van der Waals surface area contributed by atoms with Crippen molar-refractivity contribution in [3.8, 4) is 0 Å². The molecule has 0 aliphatic carbocycles. The predicted octanol–water partition coefficient (Wildman–Crippen LogP) is -1.29. The fourth-order valence-corrected chi connectivity index (χ4v) is 1.18. The predicted molar refractivity (Wildman–Crippen MR) is 46.1 cm³/mol. The molecule has 1 aliphatic rings. The highest BCUT2D eigenvalue weighted by Crippen LogP contribution is 2.17. The van der Waals surface area contributed by atoms with Crippen molar-refractivity contribution >= 4 is 17.8 Å². The van der Waals surface area contributed by atoms with Crippen LogP contribution in [0.2, 0.25) is 0 Å². The van der Waals surface area contributed by atoms with E-state index in [0.29, 0.717) is 6.08 Å². The lowest BCUT2D eigenvalue weighted by Crippen LogP contribution is -2.68. The maximum atomic E-state index is 11.2. The van der Waals surface area contributed by atoms with Crippen molar-refractivity contribution in [1.29, 1.82) is 0 Å². The molecular weight excluding hydrogens is 188 g/mol. The van der Waals surface area contributed by atoms with Gasteiger partial charge in [-0.2, -0.15) is 0 Å². The van der Waals surface area contributed by atoms with E-state index in [1.165, 1.54) is 0 Å². The third-order valence-electron chi connectivity index (χ3n) is 2.06. The van der Waals surface area contributed by atoms with E-state index in [-0.39, 0.29) is 6.04 Å². The molecule has 6 heteroatoms. The summed E-state index contributed by atoms with van der Waals surface area (Å²) >= 11 is 0. The third-order valence-corrected chi connectivity index (χ3v) is 2.06. The third kappa shape index (κ3) is 1.64. The van der Waals surface area contributed by atoms with Gasteiger partial charge in [0.1, 0.15) is 6.04 Å². The SMILES string of the molecule is C[C@H]1[C@H](N)C(=O)N1C(=O)/C=C/C(=O)O.